The van der Waals surface area contributed by atoms with Crippen molar-refractivity contribution < 1.29 is 19.1 Å². The summed E-state index contributed by atoms with van der Waals surface area (Å²) in [4.78, 5) is 5.24. The van der Waals surface area contributed by atoms with Crippen molar-refractivity contribution in [2.24, 2.45) is 0 Å². The van der Waals surface area contributed by atoms with E-state index in [1.54, 1.807) is 0 Å². The average Bonchev–Trinajstić information content (AvgIpc) is 2.52. The van der Waals surface area contributed by atoms with Gasteiger partial charge in [0.15, 0.2) is 0 Å². The molecule has 0 bridgehead atoms. The van der Waals surface area contributed by atoms with Crippen molar-refractivity contribution in [2.75, 3.05) is 13.2 Å². The number of benzene rings is 2. The van der Waals surface area contributed by atoms with Gasteiger partial charge >= 0.3 is 0 Å². The third-order valence-corrected chi connectivity index (χ3v) is 2.76. The summed E-state index contributed by atoms with van der Waals surface area (Å²) < 4.78 is 18.0. The Morgan fingerprint density at radius 1 is 1.05 bits per heavy atom. The predicted octanol–water partition coefficient (Wildman–Crippen LogP) is 2.29. The first-order valence-electron chi connectivity index (χ1n) is 6.69. The molecule has 0 saturated carbocycles. The highest BCUT2D eigenvalue weighted by molar-refractivity contribution is 5.22. The lowest BCUT2D eigenvalue weighted by atomic mass is 10.2. The molecule has 1 unspecified atom stereocenters. The van der Waals surface area contributed by atoms with Crippen LogP contribution in [0.5, 0.6) is 5.75 Å². The van der Waals surface area contributed by atoms with Crippen LogP contribution in [0, 0.1) is 5.82 Å². The molecule has 4 nitrogen and oxygen atoms in total. The SMILES string of the molecule is OC(CNOCc1ccccc1)COc1ccc(F)cc1. The summed E-state index contributed by atoms with van der Waals surface area (Å²) in [5, 5.41) is 9.72. The molecule has 112 valence electrons. The van der Waals surface area contributed by atoms with E-state index in [9.17, 15) is 9.50 Å². The smallest absolute Gasteiger partial charge is 0.123 e. The van der Waals surface area contributed by atoms with Crippen LogP contribution in [0.2, 0.25) is 0 Å². The molecule has 0 aliphatic rings. The van der Waals surface area contributed by atoms with Crippen LogP contribution in [0.3, 0.4) is 0 Å². The third kappa shape index (κ3) is 5.91. The van der Waals surface area contributed by atoms with Crippen molar-refractivity contribution in [1.29, 1.82) is 0 Å². The van der Waals surface area contributed by atoms with Gasteiger partial charge < -0.3 is 9.84 Å². The lowest BCUT2D eigenvalue weighted by Gasteiger charge is -2.13. The Bertz CT molecular complexity index is 519. The van der Waals surface area contributed by atoms with E-state index >= 15 is 0 Å². The Hall–Kier alpha value is -1.95. The molecule has 0 fully saturated rings. The van der Waals surface area contributed by atoms with E-state index in [0.29, 0.717) is 12.4 Å². The number of rotatable bonds is 8. The summed E-state index contributed by atoms with van der Waals surface area (Å²) in [6.45, 7) is 0.772. The minimum absolute atomic E-state index is 0.104. The van der Waals surface area contributed by atoms with Crippen molar-refractivity contribution in [2.45, 2.75) is 12.7 Å². The van der Waals surface area contributed by atoms with Gasteiger partial charge in [0, 0.05) is 0 Å². The molecule has 0 aliphatic heterocycles. The van der Waals surface area contributed by atoms with E-state index in [1.165, 1.54) is 24.3 Å². The van der Waals surface area contributed by atoms with Crippen LogP contribution in [-0.2, 0) is 11.4 Å². The molecule has 2 N–H and O–H groups in total. The quantitative estimate of drug-likeness (QED) is 0.579. The normalized spacial score (nSPS) is 12.1. The summed E-state index contributed by atoms with van der Waals surface area (Å²) in [5.74, 6) is 0.194. The van der Waals surface area contributed by atoms with Crippen LogP contribution in [0.4, 0.5) is 4.39 Å². The largest absolute Gasteiger partial charge is 0.491 e. The molecule has 21 heavy (non-hydrogen) atoms. The minimum Gasteiger partial charge on any atom is -0.491 e. The summed E-state index contributed by atoms with van der Waals surface area (Å²) in [6.07, 6.45) is -0.717. The van der Waals surface area contributed by atoms with E-state index in [-0.39, 0.29) is 19.0 Å². The summed E-state index contributed by atoms with van der Waals surface area (Å²) in [6, 6.07) is 15.4. The molecule has 0 aliphatic carbocycles. The third-order valence-electron chi connectivity index (χ3n) is 2.76. The first-order chi connectivity index (χ1) is 10.2. The van der Waals surface area contributed by atoms with Gasteiger partial charge in [0.1, 0.15) is 24.3 Å². The van der Waals surface area contributed by atoms with Crippen LogP contribution >= 0.6 is 0 Å². The molecule has 0 aromatic heterocycles. The standard InChI is InChI=1S/C16H18FNO3/c17-14-6-8-16(9-7-14)20-12-15(19)10-18-21-11-13-4-2-1-3-5-13/h1-9,15,18-19H,10-12H2. The lowest BCUT2D eigenvalue weighted by Crippen LogP contribution is -2.31. The van der Waals surface area contributed by atoms with Gasteiger partial charge in [-0.15, -0.1) is 0 Å². The monoisotopic (exact) mass is 291 g/mol. The van der Waals surface area contributed by atoms with Crippen molar-refractivity contribution in [3.05, 3.63) is 66.0 Å². The van der Waals surface area contributed by atoms with E-state index in [4.69, 9.17) is 9.57 Å². The molecule has 0 saturated heterocycles. The van der Waals surface area contributed by atoms with Gasteiger partial charge in [0.25, 0.3) is 0 Å². The second-order valence-corrected chi connectivity index (χ2v) is 4.54. The number of aliphatic hydroxyl groups is 1. The lowest BCUT2D eigenvalue weighted by molar-refractivity contribution is -0.00596. The van der Waals surface area contributed by atoms with Gasteiger partial charge in [-0.1, -0.05) is 30.3 Å². The fourth-order valence-electron chi connectivity index (χ4n) is 1.65. The Kier molecular flexibility index (Phi) is 6.15. The molecule has 0 radical (unpaired) electrons. The number of hydroxylamine groups is 1. The molecule has 0 heterocycles. The van der Waals surface area contributed by atoms with Crippen LogP contribution < -0.4 is 10.2 Å². The molecule has 0 spiro atoms. The Labute approximate surface area is 123 Å². The molecule has 1 atom stereocenters. The zero-order valence-electron chi connectivity index (χ0n) is 11.5. The summed E-state index contributed by atoms with van der Waals surface area (Å²) in [5.41, 5.74) is 3.73. The Morgan fingerprint density at radius 2 is 1.76 bits per heavy atom. The predicted molar refractivity (Wildman–Crippen MR) is 77.1 cm³/mol. The second-order valence-electron chi connectivity index (χ2n) is 4.54. The number of nitrogens with one attached hydrogen (secondary N) is 1. The summed E-state index contributed by atoms with van der Waals surface area (Å²) in [7, 11) is 0. The van der Waals surface area contributed by atoms with Gasteiger partial charge in [0.05, 0.1) is 13.2 Å². The molecular formula is C16H18FNO3. The van der Waals surface area contributed by atoms with E-state index in [1.807, 2.05) is 30.3 Å². The molecular weight excluding hydrogens is 273 g/mol. The highest BCUT2D eigenvalue weighted by Gasteiger charge is 2.05. The zero-order chi connectivity index (χ0) is 14.9. The Balaban J connectivity index is 1.59. The van der Waals surface area contributed by atoms with Gasteiger partial charge in [-0.2, -0.15) is 5.48 Å². The van der Waals surface area contributed by atoms with Crippen molar-refractivity contribution >= 4 is 0 Å². The molecule has 2 aromatic rings. The number of ether oxygens (including phenoxy) is 1. The topological polar surface area (TPSA) is 50.7 Å². The van der Waals surface area contributed by atoms with Gasteiger partial charge in [-0.3, -0.25) is 4.84 Å². The minimum atomic E-state index is -0.717. The van der Waals surface area contributed by atoms with Crippen molar-refractivity contribution in [1.82, 2.24) is 5.48 Å². The van der Waals surface area contributed by atoms with Crippen LogP contribution in [-0.4, -0.2) is 24.4 Å². The number of hydrogen-bond acceptors (Lipinski definition) is 4. The highest BCUT2D eigenvalue weighted by atomic mass is 19.1. The zero-order valence-corrected chi connectivity index (χ0v) is 11.5. The maximum atomic E-state index is 12.7. The maximum Gasteiger partial charge on any atom is 0.123 e. The molecule has 0 amide bonds. The number of aliphatic hydroxyl groups excluding tert-OH is 1. The van der Waals surface area contributed by atoms with Crippen LogP contribution in [0.25, 0.3) is 0 Å². The van der Waals surface area contributed by atoms with E-state index < -0.39 is 6.10 Å². The second kappa shape index (κ2) is 8.36. The number of hydrogen-bond donors (Lipinski definition) is 2. The first kappa shape index (κ1) is 15.4. The van der Waals surface area contributed by atoms with Gasteiger partial charge in [-0.05, 0) is 29.8 Å². The van der Waals surface area contributed by atoms with E-state index in [2.05, 4.69) is 5.48 Å². The van der Waals surface area contributed by atoms with Gasteiger partial charge in [0.2, 0.25) is 0 Å². The van der Waals surface area contributed by atoms with Crippen LogP contribution in [0.15, 0.2) is 54.6 Å². The summed E-state index contributed by atoms with van der Waals surface area (Å²) >= 11 is 0. The highest BCUT2D eigenvalue weighted by Crippen LogP contribution is 2.11. The first-order valence-corrected chi connectivity index (χ1v) is 6.69. The van der Waals surface area contributed by atoms with Gasteiger partial charge in [-0.25, -0.2) is 4.39 Å². The van der Waals surface area contributed by atoms with Crippen LogP contribution in [0.1, 0.15) is 5.56 Å². The van der Waals surface area contributed by atoms with Crippen molar-refractivity contribution in [3.63, 3.8) is 0 Å². The fourth-order valence-corrected chi connectivity index (χ4v) is 1.65. The fraction of sp³-hybridized carbons (Fsp3) is 0.250. The maximum absolute atomic E-state index is 12.7. The molecule has 5 heteroatoms. The Morgan fingerprint density at radius 3 is 2.48 bits per heavy atom. The number of halogens is 1. The molecule has 2 rings (SSSR count). The van der Waals surface area contributed by atoms with E-state index in [0.717, 1.165) is 5.56 Å². The van der Waals surface area contributed by atoms with Crippen molar-refractivity contribution in [3.8, 4) is 5.75 Å². The average molecular weight is 291 g/mol. The molecule has 2 aromatic carbocycles.